The van der Waals surface area contributed by atoms with Crippen LogP contribution < -0.4 is 10.6 Å². The maximum absolute atomic E-state index is 12.2. The van der Waals surface area contributed by atoms with Crippen molar-refractivity contribution >= 4 is 18.3 Å². The number of aromatic nitrogens is 3. The first kappa shape index (κ1) is 21.4. The topological polar surface area (TPSA) is 71.8 Å². The third-order valence-electron chi connectivity index (χ3n) is 5.00. The fraction of sp³-hybridized carbons (Fsp3) is 0.550. The summed E-state index contributed by atoms with van der Waals surface area (Å²) in [6, 6.07) is 9.10. The molecule has 6 nitrogen and oxygen atoms in total. The molecule has 3 rings (SSSR count). The number of hydrogen-bond donors (Lipinski definition) is 2. The molecule has 1 aliphatic rings. The quantitative estimate of drug-likeness (QED) is 0.711. The Morgan fingerprint density at radius 1 is 1.26 bits per heavy atom. The largest absolute Gasteiger partial charge is 0.351 e. The summed E-state index contributed by atoms with van der Waals surface area (Å²) >= 11 is 0. The van der Waals surface area contributed by atoms with E-state index in [1.54, 1.807) is 6.20 Å². The van der Waals surface area contributed by atoms with Crippen LogP contribution in [0.2, 0.25) is 0 Å². The lowest BCUT2D eigenvalue weighted by Crippen LogP contribution is -2.29. The van der Waals surface area contributed by atoms with E-state index in [1.807, 2.05) is 4.68 Å². The molecule has 0 atom stereocenters. The van der Waals surface area contributed by atoms with E-state index < -0.39 is 0 Å². The predicted molar refractivity (Wildman–Crippen MR) is 110 cm³/mol. The van der Waals surface area contributed by atoms with E-state index >= 15 is 0 Å². The summed E-state index contributed by atoms with van der Waals surface area (Å²) in [6.45, 7) is 7.02. The number of aryl methyl sites for hydroxylation is 1. The first-order valence-corrected chi connectivity index (χ1v) is 9.63. The normalized spacial score (nSPS) is 14.8. The van der Waals surface area contributed by atoms with E-state index in [-0.39, 0.29) is 18.3 Å². The monoisotopic (exact) mass is 391 g/mol. The number of amides is 1. The predicted octanol–water partition coefficient (Wildman–Crippen LogP) is 3.11. The minimum atomic E-state index is -0.139. The summed E-state index contributed by atoms with van der Waals surface area (Å²) in [5, 5.41) is 14.4. The molecule has 1 aromatic carbocycles. The molecule has 0 spiro atoms. The van der Waals surface area contributed by atoms with Crippen LogP contribution in [0.4, 0.5) is 0 Å². The summed E-state index contributed by atoms with van der Waals surface area (Å²) in [5.74, 6) is 0.418. The molecule has 1 aliphatic heterocycles. The zero-order valence-electron chi connectivity index (χ0n) is 16.1. The van der Waals surface area contributed by atoms with Crippen LogP contribution in [-0.4, -0.2) is 40.5 Å². The van der Waals surface area contributed by atoms with Crippen LogP contribution in [0, 0.1) is 0 Å². The van der Waals surface area contributed by atoms with Crippen LogP contribution in [-0.2, 0) is 6.42 Å². The van der Waals surface area contributed by atoms with E-state index in [1.165, 1.54) is 11.1 Å². The number of carbonyl (C=O) groups excluding carboxylic acids is 1. The molecular weight excluding hydrogens is 362 g/mol. The van der Waals surface area contributed by atoms with Gasteiger partial charge in [-0.05, 0) is 55.8 Å². The van der Waals surface area contributed by atoms with Gasteiger partial charge in [-0.2, -0.15) is 0 Å². The van der Waals surface area contributed by atoms with E-state index in [2.05, 4.69) is 59.1 Å². The second-order valence-electron chi connectivity index (χ2n) is 7.32. The molecule has 0 saturated carbocycles. The zero-order chi connectivity index (χ0) is 18.4. The van der Waals surface area contributed by atoms with Crippen LogP contribution >= 0.6 is 12.4 Å². The molecule has 0 unspecified atom stereocenters. The Labute approximate surface area is 167 Å². The van der Waals surface area contributed by atoms with E-state index in [9.17, 15) is 4.79 Å². The van der Waals surface area contributed by atoms with Crippen molar-refractivity contribution in [2.24, 2.45) is 0 Å². The molecular formula is C20H30ClN5O. The minimum absolute atomic E-state index is 0. The fourth-order valence-corrected chi connectivity index (χ4v) is 3.28. The Morgan fingerprint density at radius 2 is 1.96 bits per heavy atom. The van der Waals surface area contributed by atoms with Crippen molar-refractivity contribution < 1.29 is 4.79 Å². The second-order valence-corrected chi connectivity index (χ2v) is 7.32. The highest BCUT2D eigenvalue weighted by Crippen LogP contribution is 2.17. The molecule has 2 N–H and O–H groups in total. The van der Waals surface area contributed by atoms with Crippen molar-refractivity contribution in [2.45, 2.75) is 51.5 Å². The van der Waals surface area contributed by atoms with Gasteiger partial charge in [0.1, 0.15) is 0 Å². The number of rotatable bonds is 7. The van der Waals surface area contributed by atoms with E-state index in [4.69, 9.17) is 0 Å². The van der Waals surface area contributed by atoms with Gasteiger partial charge >= 0.3 is 0 Å². The first-order valence-electron chi connectivity index (χ1n) is 9.63. The maximum Gasteiger partial charge on any atom is 0.273 e. The highest BCUT2D eigenvalue weighted by Gasteiger charge is 2.18. The Hall–Kier alpha value is -1.92. The highest BCUT2D eigenvalue weighted by atomic mass is 35.5. The Bertz CT molecular complexity index is 707. The summed E-state index contributed by atoms with van der Waals surface area (Å²) in [5.41, 5.74) is 3.07. The molecule has 0 radical (unpaired) electrons. The molecule has 1 fully saturated rings. The molecule has 148 valence electrons. The average molecular weight is 392 g/mol. The maximum atomic E-state index is 12.2. The molecule has 2 aromatic rings. The second kappa shape index (κ2) is 10.4. The number of carbonyl (C=O) groups is 1. The van der Waals surface area contributed by atoms with Gasteiger partial charge in [0.25, 0.3) is 5.91 Å². The van der Waals surface area contributed by atoms with Gasteiger partial charge in [0, 0.05) is 6.54 Å². The molecule has 1 amide bonds. The summed E-state index contributed by atoms with van der Waals surface area (Å²) < 4.78 is 1.84. The number of nitrogens with one attached hydrogen (secondary N) is 2. The van der Waals surface area contributed by atoms with Crippen LogP contribution in [0.1, 0.15) is 66.7 Å². The standard InChI is InChI=1S/C20H29N5O.ClH/c1-15(2)17-7-5-16(6-8-17)4-3-11-22-20(26)19-14-25(24-23-19)18-9-12-21-13-10-18;/h5-8,14-15,18,21H,3-4,9-13H2,1-2H3,(H,22,26);1H. The zero-order valence-corrected chi connectivity index (χ0v) is 17.0. The van der Waals surface area contributed by atoms with Crippen molar-refractivity contribution in [2.75, 3.05) is 19.6 Å². The number of piperidine rings is 1. The fourth-order valence-electron chi connectivity index (χ4n) is 3.28. The lowest BCUT2D eigenvalue weighted by atomic mass is 10.0. The molecule has 0 aliphatic carbocycles. The third-order valence-corrected chi connectivity index (χ3v) is 5.00. The van der Waals surface area contributed by atoms with Crippen LogP contribution in [0.15, 0.2) is 30.5 Å². The van der Waals surface area contributed by atoms with Crippen molar-refractivity contribution in [1.82, 2.24) is 25.6 Å². The highest BCUT2D eigenvalue weighted by molar-refractivity contribution is 5.91. The molecule has 7 heteroatoms. The smallest absolute Gasteiger partial charge is 0.273 e. The Morgan fingerprint density at radius 3 is 2.63 bits per heavy atom. The van der Waals surface area contributed by atoms with E-state index in [0.29, 0.717) is 24.2 Å². The Balaban J connectivity index is 0.00000261. The van der Waals surface area contributed by atoms with Crippen LogP contribution in [0.5, 0.6) is 0 Å². The summed E-state index contributed by atoms with van der Waals surface area (Å²) in [7, 11) is 0. The SMILES string of the molecule is CC(C)c1ccc(CCCNC(=O)c2cn(C3CCNCC3)nn2)cc1.Cl. The molecule has 27 heavy (non-hydrogen) atoms. The number of halogens is 1. The van der Waals surface area contributed by atoms with Gasteiger partial charge in [0.15, 0.2) is 5.69 Å². The first-order chi connectivity index (χ1) is 12.6. The molecule has 1 aromatic heterocycles. The van der Waals surface area contributed by atoms with Gasteiger partial charge in [-0.1, -0.05) is 43.3 Å². The van der Waals surface area contributed by atoms with Gasteiger partial charge in [-0.25, -0.2) is 4.68 Å². The van der Waals surface area contributed by atoms with Crippen LogP contribution in [0.3, 0.4) is 0 Å². The third kappa shape index (κ3) is 6.04. The average Bonchev–Trinajstić information content (AvgIpc) is 3.16. The van der Waals surface area contributed by atoms with Gasteiger partial charge in [-0.15, -0.1) is 17.5 Å². The lowest BCUT2D eigenvalue weighted by molar-refractivity contribution is 0.0948. The van der Waals surface area contributed by atoms with Gasteiger partial charge in [-0.3, -0.25) is 4.79 Å². The van der Waals surface area contributed by atoms with Crippen LogP contribution in [0.25, 0.3) is 0 Å². The van der Waals surface area contributed by atoms with Gasteiger partial charge in [0.05, 0.1) is 12.2 Å². The van der Waals surface area contributed by atoms with Crippen molar-refractivity contribution in [3.63, 3.8) is 0 Å². The van der Waals surface area contributed by atoms with Crippen molar-refractivity contribution in [3.05, 3.63) is 47.3 Å². The van der Waals surface area contributed by atoms with Gasteiger partial charge < -0.3 is 10.6 Å². The summed E-state index contributed by atoms with van der Waals surface area (Å²) in [6.07, 6.45) is 5.70. The molecule has 2 heterocycles. The number of hydrogen-bond acceptors (Lipinski definition) is 4. The molecule has 1 saturated heterocycles. The number of benzene rings is 1. The van der Waals surface area contributed by atoms with E-state index in [0.717, 1.165) is 38.8 Å². The van der Waals surface area contributed by atoms with Crippen molar-refractivity contribution in [1.29, 1.82) is 0 Å². The molecule has 0 bridgehead atoms. The minimum Gasteiger partial charge on any atom is -0.351 e. The summed E-state index contributed by atoms with van der Waals surface area (Å²) in [4.78, 5) is 12.2. The number of nitrogens with zero attached hydrogens (tertiary/aromatic N) is 3. The van der Waals surface area contributed by atoms with Crippen molar-refractivity contribution in [3.8, 4) is 0 Å². The Kier molecular flexibility index (Phi) is 8.25. The van der Waals surface area contributed by atoms with Gasteiger partial charge in [0.2, 0.25) is 0 Å². The lowest BCUT2D eigenvalue weighted by Gasteiger charge is -2.22.